The smallest absolute Gasteiger partial charge is 0.332 e. The number of aromatic amines is 1. The van der Waals surface area contributed by atoms with Crippen molar-refractivity contribution in [2.45, 2.75) is 52.2 Å². The first-order valence-electron chi connectivity index (χ1n) is 6.09. The molecule has 0 unspecified atom stereocenters. The first kappa shape index (κ1) is 14.6. The Morgan fingerprint density at radius 3 is 2.72 bits per heavy atom. The van der Waals surface area contributed by atoms with E-state index in [2.05, 4.69) is 15.4 Å². The molecule has 1 N–H and O–H groups in total. The van der Waals surface area contributed by atoms with Crippen molar-refractivity contribution in [3.8, 4) is 0 Å². The van der Waals surface area contributed by atoms with Gasteiger partial charge < -0.3 is 9.47 Å². The van der Waals surface area contributed by atoms with E-state index in [1.54, 1.807) is 6.20 Å². The summed E-state index contributed by atoms with van der Waals surface area (Å²) in [4.78, 5) is 11.5. The van der Waals surface area contributed by atoms with Crippen molar-refractivity contribution in [2.24, 2.45) is 0 Å². The van der Waals surface area contributed by atoms with Crippen LogP contribution in [0.25, 0.3) is 0 Å². The van der Waals surface area contributed by atoms with Gasteiger partial charge in [-0.05, 0) is 27.2 Å². The Morgan fingerprint density at radius 1 is 1.50 bits per heavy atom. The van der Waals surface area contributed by atoms with Crippen LogP contribution in [0.3, 0.4) is 0 Å². The van der Waals surface area contributed by atoms with Crippen molar-refractivity contribution in [3.05, 3.63) is 11.9 Å². The van der Waals surface area contributed by atoms with E-state index in [9.17, 15) is 4.79 Å². The van der Waals surface area contributed by atoms with E-state index in [0.29, 0.717) is 6.42 Å². The highest BCUT2D eigenvalue weighted by atomic mass is 16.6. The second-order valence-corrected chi connectivity index (χ2v) is 5.09. The molecule has 0 aliphatic heterocycles. The van der Waals surface area contributed by atoms with Crippen LogP contribution in [-0.4, -0.2) is 39.7 Å². The van der Waals surface area contributed by atoms with Crippen LogP contribution in [0.4, 0.5) is 0 Å². The zero-order valence-electron chi connectivity index (χ0n) is 11.4. The predicted molar refractivity (Wildman–Crippen MR) is 66.0 cm³/mol. The molecule has 0 spiro atoms. The van der Waals surface area contributed by atoms with E-state index in [0.717, 1.165) is 12.1 Å². The highest BCUT2D eigenvalue weighted by Crippen LogP contribution is 2.09. The lowest BCUT2D eigenvalue weighted by Crippen LogP contribution is -2.28. The maximum Gasteiger partial charge on any atom is 0.332 e. The number of carbonyl (C=O) groups is 1. The van der Waals surface area contributed by atoms with Crippen molar-refractivity contribution in [2.75, 3.05) is 6.61 Å². The van der Waals surface area contributed by atoms with Gasteiger partial charge in [-0.15, -0.1) is 0 Å². The molecule has 1 atom stereocenters. The number of ether oxygens (including phenoxy) is 2. The van der Waals surface area contributed by atoms with Gasteiger partial charge in [-0.2, -0.15) is 15.4 Å². The monoisotopic (exact) mass is 255 g/mol. The van der Waals surface area contributed by atoms with E-state index in [-0.39, 0.29) is 18.7 Å². The van der Waals surface area contributed by atoms with Gasteiger partial charge >= 0.3 is 5.97 Å². The van der Waals surface area contributed by atoms with Crippen LogP contribution >= 0.6 is 0 Å². The zero-order valence-corrected chi connectivity index (χ0v) is 11.4. The minimum absolute atomic E-state index is 0.0341. The van der Waals surface area contributed by atoms with E-state index in [4.69, 9.17) is 9.47 Å². The molecule has 6 heteroatoms. The summed E-state index contributed by atoms with van der Waals surface area (Å²) in [5.41, 5.74) is 0.347. The zero-order chi connectivity index (χ0) is 13.6. The highest BCUT2D eigenvalue weighted by molar-refractivity contribution is 5.71. The fraction of sp³-hybridized carbons (Fsp3) is 0.750. The molecular formula is C12H21N3O3. The lowest BCUT2D eigenvalue weighted by atomic mass is 10.1. The SMILES string of the molecule is CC[C@@H](Cc1cn[nH]n1)OCC(=O)OC(C)(C)C. The molecule has 0 saturated heterocycles. The van der Waals surface area contributed by atoms with E-state index in [1.807, 2.05) is 27.7 Å². The Labute approximate surface area is 107 Å². The minimum atomic E-state index is -0.478. The number of aromatic nitrogens is 3. The molecule has 0 aliphatic rings. The van der Waals surface area contributed by atoms with Gasteiger partial charge in [0.1, 0.15) is 12.2 Å². The molecule has 18 heavy (non-hydrogen) atoms. The Bertz CT molecular complexity index is 357. The number of hydrogen-bond donors (Lipinski definition) is 1. The maximum absolute atomic E-state index is 11.5. The summed E-state index contributed by atoms with van der Waals surface area (Å²) < 4.78 is 10.7. The largest absolute Gasteiger partial charge is 0.458 e. The normalized spacial score (nSPS) is 13.3. The van der Waals surface area contributed by atoms with Crippen molar-refractivity contribution in [3.63, 3.8) is 0 Å². The second-order valence-electron chi connectivity index (χ2n) is 5.09. The van der Waals surface area contributed by atoms with Crippen LogP contribution in [-0.2, 0) is 20.7 Å². The van der Waals surface area contributed by atoms with Gasteiger partial charge in [-0.1, -0.05) is 6.92 Å². The van der Waals surface area contributed by atoms with Gasteiger partial charge in [0.15, 0.2) is 0 Å². The average Bonchev–Trinajstić information content (AvgIpc) is 2.74. The van der Waals surface area contributed by atoms with Crippen molar-refractivity contribution in [1.29, 1.82) is 0 Å². The van der Waals surface area contributed by atoms with Crippen LogP contribution in [0.5, 0.6) is 0 Å². The van der Waals surface area contributed by atoms with Crippen LogP contribution in [0.15, 0.2) is 6.20 Å². The topological polar surface area (TPSA) is 77.1 Å². The molecule has 1 heterocycles. The first-order valence-corrected chi connectivity index (χ1v) is 6.09. The number of nitrogens with zero attached hydrogens (tertiary/aromatic N) is 2. The molecule has 1 aromatic rings. The highest BCUT2D eigenvalue weighted by Gasteiger charge is 2.18. The Balaban J connectivity index is 2.33. The number of esters is 1. The summed E-state index contributed by atoms with van der Waals surface area (Å²) in [6.45, 7) is 7.46. The van der Waals surface area contributed by atoms with Crippen molar-refractivity contribution in [1.82, 2.24) is 15.4 Å². The van der Waals surface area contributed by atoms with Gasteiger partial charge in [-0.3, -0.25) is 0 Å². The number of rotatable bonds is 6. The van der Waals surface area contributed by atoms with Crippen LogP contribution < -0.4 is 0 Å². The molecule has 0 bridgehead atoms. The van der Waals surface area contributed by atoms with Gasteiger partial charge in [0.25, 0.3) is 0 Å². The molecule has 0 fully saturated rings. The summed E-state index contributed by atoms with van der Waals surface area (Å²) in [6.07, 6.45) is 3.04. The molecule has 1 rings (SSSR count). The summed E-state index contributed by atoms with van der Waals surface area (Å²) >= 11 is 0. The number of nitrogens with one attached hydrogen (secondary N) is 1. The standard InChI is InChI=1S/C12H21N3O3/c1-5-10(6-9-7-13-15-14-9)17-8-11(16)18-12(2,3)4/h7,10H,5-6,8H2,1-4H3,(H,13,14,15)/t10-/m0/s1. The molecule has 0 radical (unpaired) electrons. The molecular weight excluding hydrogens is 234 g/mol. The summed E-state index contributed by atoms with van der Waals surface area (Å²) in [6, 6.07) is 0. The lowest BCUT2D eigenvalue weighted by molar-refractivity contribution is -0.162. The Hall–Kier alpha value is -1.43. The van der Waals surface area contributed by atoms with E-state index >= 15 is 0 Å². The third-order valence-corrected chi connectivity index (χ3v) is 2.21. The van der Waals surface area contributed by atoms with Gasteiger partial charge in [0, 0.05) is 6.42 Å². The first-order chi connectivity index (χ1) is 8.40. The fourth-order valence-corrected chi connectivity index (χ4v) is 1.43. The van der Waals surface area contributed by atoms with Gasteiger partial charge in [0.05, 0.1) is 18.0 Å². The fourth-order valence-electron chi connectivity index (χ4n) is 1.43. The minimum Gasteiger partial charge on any atom is -0.458 e. The Morgan fingerprint density at radius 2 is 2.22 bits per heavy atom. The third kappa shape index (κ3) is 5.77. The molecule has 0 saturated carbocycles. The van der Waals surface area contributed by atoms with Crippen molar-refractivity contribution < 1.29 is 14.3 Å². The molecule has 0 aromatic carbocycles. The number of hydrogen-bond acceptors (Lipinski definition) is 5. The average molecular weight is 255 g/mol. The maximum atomic E-state index is 11.5. The summed E-state index contributed by atoms with van der Waals surface area (Å²) in [7, 11) is 0. The van der Waals surface area contributed by atoms with Crippen LogP contribution in [0.2, 0.25) is 0 Å². The molecule has 0 aliphatic carbocycles. The number of carbonyl (C=O) groups excluding carboxylic acids is 1. The summed E-state index contributed by atoms with van der Waals surface area (Å²) in [5, 5.41) is 10.2. The lowest BCUT2D eigenvalue weighted by Gasteiger charge is -2.21. The number of H-pyrrole nitrogens is 1. The van der Waals surface area contributed by atoms with Crippen LogP contribution in [0.1, 0.15) is 39.8 Å². The summed E-state index contributed by atoms with van der Waals surface area (Å²) in [5.74, 6) is -0.346. The third-order valence-electron chi connectivity index (χ3n) is 2.21. The molecule has 102 valence electrons. The molecule has 0 amide bonds. The van der Waals surface area contributed by atoms with E-state index in [1.165, 1.54) is 0 Å². The predicted octanol–water partition coefficient (Wildman–Crippen LogP) is 1.48. The second kappa shape index (κ2) is 6.49. The van der Waals surface area contributed by atoms with Crippen molar-refractivity contribution >= 4 is 5.97 Å². The Kier molecular flexibility index (Phi) is 5.27. The molecule has 1 aromatic heterocycles. The molecule has 6 nitrogen and oxygen atoms in total. The van der Waals surface area contributed by atoms with E-state index < -0.39 is 5.60 Å². The van der Waals surface area contributed by atoms with Gasteiger partial charge in [-0.25, -0.2) is 4.79 Å². The van der Waals surface area contributed by atoms with Gasteiger partial charge in [0.2, 0.25) is 0 Å². The quantitative estimate of drug-likeness (QED) is 0.779. The van der Waals surface area contributed by atoms with Crippen LogP contribution in [0, 0.1) is 0 Å².